The lowest BCUT2D eigenvalue weighted by atomic mass is 9.86. The van der Waals surface area contributed by atoms with E-state index in [-0.39, 0.29) is 38.8 Å². The molecule has 5 rings (SSSR count). The molecule has 0 bridgehead atoms. The van der Waals surface area contributed by atoms with E-state index in [1.165, 1.54) is 4.90 Å². The molecule has 1 amide bonds. The number of fused-ring (bicyclic) bond motifs is 1. The number of aromatic nitrogens is 3. The van der Waals surface area contributed by atoms with Crippen molar-refractivity contribution in [3.63, 3.8) is 0 Å². The van der Waals surface area contributed by atoms with Crippen LogP contribution in [0, 0.1) is 5.92 Å². The zero-order valence-corrected chi connectivity index (χ0v) is 22.3. The second kappa shape index (κ2) is 11.4. The summed E-state index contributed by atoms with van der Waals surface area (Å²) in [7, 11) is 0. The first-order valence-corrected chi connectivity index (χ1v) is 13.4. The molecule has 0 spiro atoms. The number of aliphatic carboxylic acids is 1. The number of alkyl halides is 3. The van der Waals surface area contributed by atoms with Crippen LogP contribution in [0.4, 0.5) is 13.2 Å². The molecule has 11 heteroatoms. The molecule has 7 nitrogen and oxygen atoms in total. The van der Waals surface area contributed by atoms with E-state index in [4.69, 9.17) is 11.6 Å². The minimum Gasteiger partial charge on any atom is -0.481 e. The van der Waals surface area contributed by atoms with E-state index in [1.807, 2.05) is 30.5 Å². The summed E-state index contributed by atoms with van der Waals surface area (Å²) in [6, 6.07) is 14.0. The molecule has 2 N–H and O–H groups in total. The van der Waals surface area contributed by atoms with Crippen LogP contribution in [0.2, 0.25) is 5.02 Å². The fourth-order valence-corrected chi connectivity index (χ4v) is 5.52. The summed E-state index contributed by atoms with van der Waals surface area (Å²) in [6.07, 6.45) is -0.568. The molecular weight excluding hydrogens is 545 g/mol. The van der Waals surface area contributed by atoms with Crippen LogP contribution >= 0.6 is 11.6 Å². The molecule has 1 fully saturated rings. The number of nitrogens with zero attached hydrogens (tertiary/aromatic N) is 3. The van der Waals surface area contributed by atoms with E-state index in [9.17, 15) is 27.9 Å². The van der Waals surface area contributed by atoms with Gasteiger partial charge in [-0.1, -0.05) is 35.9 Å². The van der Waals surface area contributed by atoms with Crippen molar-refractivity contribution in [1.29, 1.82) is 0 Å². The summed E-state index contributed by atoms with van der Waals surface area (Å²) in [5, 5.41) is 14.8. The van der Waals surface area contributed by atoms with E-state index in [0.29, 0.717) is 11.4 Å². The van der Waals surface area contributed by atoms with E-state index < -0.39 is 41.3 Å². The van der Waals surface area contributed by atoms with Crippen LogP contribution in [0.3, 0.4) is 0 Å². The summed E-state index contributed by atoms with van der Waals surface area (Å²) in [4.78, 5) is 29.6. The molecule has 40 heavy (non-hydrogen) atoms. The van der Waals surface area contributed by atoms with Crippen molar-refractivity contribution < 1.29 is 27.9 Å². The Morgan fingerprint density at radius 3 is 2.42 bits per heavy atom. The molecule has 1 aliphatic carbocycles. The minimum absolute atomic E-state index is 0.0902. The lowest BCUT2D eigenvalue weighted by molar-refractivity contribution is -0.147. The summed E-state index contributed by atoms with van der Waals surface area (Å²) >= 11 is 6.01. The average Bonchev–Trinajstić information content (AvgIpc) is 3.59. The van der Waals surface area contributed by atoms with Crippen LogP contribution in [0.1, 0.15) is 58.9 Å². The fourth-order valence-electron chi connectivity index (χ4n) is 5.39. The average molecular weight is 573 g/mol. The number of carbonyl (C=O) groups is 2. The Balaban J connectivity index is 1.43. The largest absolute Gasteiger partial charge is 0.481 e. The Kier molecular flexibility index (Phi) is 7.89. The van der Waals surface area contributed by atoms with Crippen molar-refractivity contribution in [1.82, 2.24) is 19.7 Å². The maximum Gasteiger partial charge on any atom is 0.433 e. The van der Waals surface area contributed by atoms with Gasteiger partial charge < -0.3 is 15.0 Å². The van der Waals surface area contributed by atoms with Crippen molar-refractivity contribution in [3.8, 4) is 0 Å². The third-order valence-electron chi connectivity index (χ3n) is 7.55. The highest BCUT2D eigenvalue weighted by molar-refractivity contribution is 6.30. The number of halogens is 4. The third-order valence-corrected chi connectivity index (χ3v) is 7.80. The first-order valence-electron chi connectivity index (χ1n) is 13.1. The first-order chi connectivity index (χ1) is 19.1. The predicted octanol–water partition coefficient (Wildman–Crippen LogP) is 6.74. The second-order valence-corrected chi connectivity index (χ2v) is 10.6. The number of hydrogen-bond donors (Lipinski definition) is 2. The van der Waals surface area contributed by atoms with Crippen LogP contribution in [0.25, 0.3) is 10.9 Å². The van der Waals surface area contributed by atoms with Crippen LogP contribution in [0.15, 0.2) is 60.9 Å². The summed E-state index contributed by atoms with van der Waals surface area (Å²) in [6.45, 7) is 0.271. The van der Waals surface area contributed by atoms with E-state index >= 15 is 0 Å². The van der Waals surface area contributed by atoms with Crippen molar-refractivity contribution in [2.75, 3.05) is 6.54 Å². The quantitative estimate of drug-likeness (QED) is 0.245. The van der Waals surface area contributed by atoms with Gasteiger partial charge in [-0.15, -0.1) is 0 Å². The highest BCUT2D eigenvalue weighted by Crippen LogP contribution is 2.39. The molecule has 2 heterocycles. The van der Waals surface area contributed by atoms with Gasteiger partial charge in [0.15, 0.2) is 5.69 Å². The summed E-state index contributed by atoms with van der Waals surface area (Å²) in [5.41, 5.74) is 0.995. The molecule has 0 saturated heterocycles. The van der Waals surface area contributed by atoms with Gasteiger partial charge >= 0.3 is 12.1 Å². The molecule has 4 aromatic rings. The van der Waals surface area contributed by atoms with E-state index in [2.05, 4.69) is 10.1 Å². The van der Waals surface area contributed by atoms with E-state index in [0.717, 1.165) is 32.9 Å². The number of amides is 1. The number of benzene rings is 2. The molecular formula is C29H28ClF3N4O3. The minimum atomic E-state index is -4.82. The molecule has 0 atom stereocenters. The maximum atomic E-state index is 14.4. The Bertz CT molecular complexity index is 1500. The normalized spacial score (nSPS) is 17.7. The number of rotatable bonds is 8. The molecule has 2 aromatic heterocycles. The third kappa shape index (κ3) is 6.01. The molecule has 0 radical (unpaired) electrons. The van der Waals surface area contributed by atoms with Crippen LogP contribution in [0.5, 0.6) is 0 Å². The van der Waals surface area contributed by atoms with Crippen molar-refractivity contribution in [2.45, 2.75) is 50.9 Å². The molecule has 0 aliphatic heterocycles. The van der Waals surface area contributed by atoms with Crippen LogP contribution in [-0.4, -0.2) is 43.2 Å². The molecule has 210 valence electrons. The zero-order chi connectivity index (χ0) is 28.4. The number of nitrogens with one attached hydrogen (secondary N) is 1. The number of H-pyrrole nitrogens is 1. The number of aromatic amines is 1. The smallest absolute Gasteiger partial charge is 0.433 e. The highest BCUT2D eigenvalue weighted by atomic mass is 35.5. The van der Waals surface area contributed by atoms with Gasteiger partial charge in [0.25, 0.3) is 5.91 Å². The molecule has 1 aliphatic rings. The van der Waals surface area contributed by atoms with Gasteiger partial charge in [0.05, 0.1) is 23.7 Å². The Labute approximate surface area is 233 Å². The predicted molar refractivity (Wildman–Crippen MR) is 144 cm³/mol. The van der Waals surface area contributed by atoms with Crippen LogP contribution < -0.4 is 0 Å². The van der Waals surface area contributed by atoms with Gasteiger partial charge in [0.1, 0.15) is 0 Å². The number of carboxylic acids is 1. The number of hydrogen-bond acceptors (Lipinski definition) is 3. The molecule has 2 aromatic carbocycles. The first kappa shape index (κ1) is 27.8. The lowest BCUT2D eigenvalue weighted by Gasteiger charge is -2.28. The van der Waals surface area contributed by atoms with Crippen LogP contribution in [-0.2, 0) is 23.9 Å². The number of carboxylic acid groups (broad SMARTS) is 1. The van der Waals surface area contributed by atoms with Gasteiger partial charge in [-0.3, -0.25) is 14.3 Å². The Morgan fingerprint density at radius 1 is 1.05 bits per heavy atom. The van der Waals surface area contributed by atoms with Gasteiger partial charge in [-0.2, -0.15) is 18.3 Å². The van der Waals surface area contributed by atoms with Crippen molar-refractivity contribution in [2.24, 2.45) is 5.92 Å². The van der Waals surface area contributed by atoms with Crippen molar-refractivity contribution >= 4 is 34.4 Å². The van der Waals surface area contributed by atoms with Gasteiger partial charge in [-0.25, -0.2) is 0 Å². The molecule has 0 unspecified atom stereocenters. The van der Waals surface area contributed by atoms with Gasteiger partial charge in [0.2, 0.25) is 0 Å². The summed E-state index contributed by atoms with van der Waals surface area (Å²) < 4.78 is 44.1. The standard InChI is InChI=1S/C29H28ClF3N4O3/c30-22-7-2-19(3-8-22)17-36(14-12-18-1-4-20-11-13-34-25(20)15-18)27(38)24-16-35-37(26(24)29(31,32)33)23-9-5-21(6-10-23)28(39)40/h1-4,7-8,11,13,15-16,21,23,34H,5-6,9-10,12,14,17H2,(H,39,40). The Hall–Kier alpha value is -3.79. The van der Waals surface area contributed by atoms with Crippen molar-refractivity contribution in [3.05, 3.63) is 88.3 Å². The maximum absolute atomic E-state index is 14.4. The number of carbonyl (C=O) groups excluding carboxylic acids is 1. The summed E-state index contributed by atoms with van der Waals surface area (Å²) in [5.74, 6) is -2.30. The highest BCUT2D eigenvalue weighted by Gasteiger charge is 2.43. The Morgan fingerprint density at radius 2 is 1.75 bits per heavy atom. The zero-order valence-electron chi connectivity index (χ0n) is 21.5. The van der Waals surface area contributed by atoms with Gasteiger partial charge in [0, 0.05) is 29.8 Å². The fraction of sp³-hybridized carbons (Fsp3) is 0.345. The topological polar surface area (TPSA) is 91.2 Å². The lowest BCUT2D eigenvalue weighted by Crippen LogP contribution is -2.34. The SMILES string of the molecule is O=C(O)C1CCC(n2ncc(C(=O)N(CCc3ccc4cc[nH]c4c3)Cc3ccc(Cl)cc3)c2C(F)(F)F)CC1. The second-order valence-electron chi connectivity index (χ2n) is 10.2. The molecule has 1 saturated carbocycles. The van der Waals surface area contributed by atoms with Gasteiger partial charge in [-0.05, 0) is 72.9 Å². The monoisotopic (exact) mass is 572 g/mol. The van der Waals surface area contributed by atoms with E-state index in [1.54, 1.807) is 24.3 Å².